The first-order valence-electron chi connectivity index (χ1n) is 5.89. The number of nitrogens with zero attached hydrogens (tertiary/aromatic N) is 4. The first kappa shape index (κ1) is 14.3. The van der Waals surface area contributed by atoms with Crippen molar-refractivity contribution in [3.8, 4) is 0 Å². The van der Waals surface area contributed by atoms with Crippen LogP contribution in [-0.2, 0) is 6.42 Å². The monoisotopic (exact) mass is 343 g/mol. The molecule has 0 spiro atoms. The zero-order valence-electron chi connectivity index (χ0n) is 10.8. The second kappa shape index (κ2) is 5.87. The number of aromatic nitrogens is 5. The zero-order chi connectivity index (χ0) is 14.0. The average Bonchev–Trinajstić information content (AvgIpc) is 2.69. The fourth-order valence-electron chi connectivity index (χ4n) is 1.56. The van der Waals surface area contributed by atoms with Crippen LogP contribution in [0.25, 0.3) is 0 Å². The first-order valence-corrected chi connectivity index (χ1v) is 7.50. The molecule has 6 nitrogen and oxygen atoms in total. The number of rotatable bonds is 4. The Bertz CT molecular complexity index is 636. The van der Waals surface area contributed by atoms with E-state index in [0.29, 0.717) is 5.16 Å². The van der Waals surface area contributed by atoms with Crippen LogP contribution >= 0.6 is 27.7 Å². The van der Waals surface area contributed by atoms with Crippen LogP contribution in [0.2, 0.25) is 0 Å². The van der Waals surface area contributed by atoms with Gasteiger partial charge in [0.2, 0.25) is 0 Å². The average molecular weight is 344 g/mol. The van der Waals surface area contributed by atoms with Gasteiger partial charge in [-0.1, -0.05) is 6.92 Å². The molecule has 0 aromatic carbocycles. The molecule has 2 aromatic heterocycles. The van der Waals surface area contributed by atoms with E-state index in [2.05, 4.69) is 36.1 Å². The van der Waals surface area contributed by atoms with Gasteiger partial charge in [0.25, 0.3) is 0 Å². The van der Waals surface area contributed by atoms with Crippen molar-refractivity contribution in [1.29, 1.82) is 0 Å². The van der Waals surface area contributed by atoms with Gasteiger partial charge in [-0.2, -0.15) is 0 Å². The number of aryl methyl sites for hydroxylation is 1. The van der Waals surface area contributed by atoms with Gasteiger partial charge in [0.05, 0.1) is 0 Å². The maximum atomic E-state index is 11.7. The van der Waals surface area contributed by atoms with Gasteiger partial charge in [-0.3, -0.25) is 4.57 Å². The van der Waals surface area contributed by atoms with E-state index in [-0.39, 0.29) is 11.7 Å². The summed E-state index contributed by atoms with van der Waals surface area (Å²) in [4.78, 5) is 20.3. The van der Waals surface area contributed by atoms with Crippen molar-refractivity contribution in [1.82, 2.24) is 24.7 Å². The first-order chi connectivity index (χ1) is 9.01. The molecule has 0 unspecified atom stereocenters. The quantitative estimate of drug-likeness (QED) is 0.862. The van der Waals surface area contributed by atoms with Gasteiger partial charge in [0, 0.05) is 18.5 Å². The maximum absolute atomic E-state index is 11.7. The number of hydrogen-bond donors (Lipinski definition) is 1. The number of halogens is 1. The van der Waals surface area contributed by atoms with E-state index in [0.717, 1.165) is 21.9 Å². The van der Waals surface area contributed by atoms with E-state index in [1.807, 2.05) is 26.8 Å². The van der Waals surface area contributed by atoms with Crippen LogP contribution in [0.5, 0.6) is 0 Å². The molecule has 0 radical (unpaired) electrons. The van der Waals surface area contributed by atoms with Gasteiger partial charge in [-0.15, -0.1) is 5.10 Å². The van der Waals surface area contributed by atoms with Crippen LogP contribution in [-0.4, -0.2) is 24.7 Å². The summed E-state index contributed by atoms with van der Waals surface area (Å²) in [7, 11) is 0. The van der Waals surface area contributed by atoms with Gasteiger partial charge < -0.3 is 0 Å². The summed E-state index contributed by atoms with van der Waals surface area (Å²) in [5, 5.41) is 7.86. The summed E-state index contributed by atoms with van der Waals surface area (Å²) in [5.74, 6) is 0.755. The minimum absolute atomic E-state index is 0.0460. The second-order valence-corrected chi connectivity index (χ2v) is 5.98. The number of aromatic amines is 1. The number of hydrogen-bond acceptors (Lipinski definition) is 5. The molecule has 0 saturated heterocycles. The Morgan fingerprint density at radius 1 is 1.47 bits per heavy atom. The summed E-state index contributed by atoms with van der Waals surface area (Å²) in [6.45, 7) is 5.87. The van der Waals surface area contributed by atoms with Crippen LogP contribution in [0, 0.1) is 0 Å². The topological polar surface area (TPSA) is 76.5 Å². The second-order valence-electron chi connectivity index (χ2n) is 4.18. The molecule has 0 amide bonds. The van der Waals surface area contributed by atoms with E-state index in [1.165, 1.54) is 11.8 Å². The lowest BCUT2D eigenvalue weighted by molar-refractivity contribution is 0.534. The van der Waals surface area contributed by atoms with Crippen molar-refractivity contribution in [3.63, 3.8) is 0 Å². The summed E-state index contributed by atoms with van der Waals surface area (Å²) >= 11 is 4.71. The van der Waals surface area contributed by atoms with Crippen LogP contribution < -0.4 is 5.69 Å². The molecule has 2 rings (SSSR count). The third-order valence-electron chi connectivity index (χ3n) is 2.42. The van der Waals surface area contributed by atoms with Gasteiger partial charge in [0.15, 0.2) is 5.16 Å². The van der Waals surface area contributed by atoms with Crippen molar-refractivity contribution >= 4 is 27.7 Å². The minimum Gasteiger partial charge on any atom is -0.267 e. The molecule has 19 heavy (non-hydrogen) atoms. The number of H-pyrrole nitrogens is 1. The molecule has 2 aromatic rings. The molecule has 0 atom stereocenters. The predicted octanol–water partition coefficient (Wildman–Crippen LogP) is 2.42. The lowest BCUT2D eigenvalue weighted by Crippen LogP contribution is -2.19. The molecule has 0 aliphatic heterocycles. The van der Waals surface area contributed by atoms with Gasteiger partial charge in [0.1, 0.15) is 15.5 Å². The molecule has 102 valence electrons. The lowest BCUT2D eigenvalue weighted by atomic mass is 10.4. The molecule has 0 bridgehead atoms. The molecular weight excluding hydrogens is 330 g/mol. The van der Waals surface area contributed by atoms with Crippen molar-refractivity contribution in [3.05, 3.63) is 27.0 Å². The Hall–Kier alpha value is -1.15. The van der Waals surface area contributed by atoms with Crippen LogP contribution in [0.1, 0.15) is 32.6 Å². The molecule has 0 aliphatic carbocycles. The van der Waals surface area contributed by atoms with Crippen molar-refractivity contribution in [2.24, 2.45) is 0 Å². The van der Waals surface area contributed by atoms with Crippen LogP contribution in [0.4, 0.5) is 0 Å². The SMILES string of the molecule is CCc1nc(Br)cc(Sc2n[nH]c(=O)n2C(C)C)n1. The fourth-order valence-corrected chi connectivity index (χ4v) is 3.13. The highest BCUT2D eigenvalue weighted by Gasteiger charge is 2.14. The third kappa shape index (κ3) is 3.24. The summed E-state index contributed by atoms with van der Waals surface area (Å²) in [5.41, 5.74) is -0.207. The fraction of sp³-hybridized carbons (Fsp3) is 0.455. The third-order valence-corrected chi connectivity index (χ3v) is 3.71. The minimum atomic E-state index is -0.207. The van der Waals surface area contributed by atoms with Gasteiger partial charge >= 0.3 is 5.69 Å². The van der Waals surface area contributed by atoms with E-state index in [9.17, 15) is 4.79 Å². The standard InChI is InChI=1S/C11H14BrN5OS/c1-4-8-13-7(12)5-9(14-8)19-11-16-15-10(18)17(11)6(2)3/h5-6H,4H2,1-3H3,(H,15,18). The van der Waals surface area contributed by atoms with Crippen LogP contribution in [0.3, 0.4) is 0 Å². The van der Waals surface area contributed by atoms with Crippen LogP contribution in [0.15, 0.2) is 25.6 Å². The van der Waals surface area contributed by atoms with Crippen molar-refractivity contribution in [2.75, 3.05) is 0 Å². The van der Waals surface area contributed by atoms with Crippen molar-refractivity contribution < 1.29 is 0 Å². The van der Waals surface area contributed by atoms with E-state index >= 15 is 0 Å². The Labute approximate surface area is 123 Å². The molecular formula is C11H14BrN5OS. The molecule has 2 heterocycles. The maximum Gasteiger partial charge on any atom is 0.344 e. The smallest absolute Gasteiger partial charge is 0.267 e. The van der Waals surface area contributed by atoms with Crippen molar-refractivity contribution in [2.45, 2.75) is 43.4 Å². The molecule has 0 fully saturated rings. The normalized spacial score (nSPS) is 11.2. The largest absolute Gasteiger partial charge is 0.344 e. The predicted molar refractivity (Wildman–Crippen MR) is 76.5 cm³/mol. The molecule has 0 aliphatic rings. The summed E-state index contributed by atoms with van der Waals surface area (Å²) in [6.07, 6.45) is 0.755. The molecule has 8 heteroatoms. The highest BCUT2D eigenvalue weighted by atomic mass is 79.9. The Balaban J connectivity index is 2.36. The van der Waals surface area contributed by atoms with E-state index < -0.39 is 0 Å². The zero-order valence-corrected chi connectivity index (χ0v) is 13.2. The van der Waals surface area contributed by atoms with E-state index in [4.69, 9.17) is 0 Å². The highest BCUT2D eigenvalue weighted by molar-refractivity contribution is 9.10. The van der Waals surface area contributed by atoms with Gasteiger partial charge in [-0.25, -0.2) is 19.9 Å². The Morgan fingerprint density at radius 3 is 2.84 bits per heavy atom. The molecule has 0 saturated carbocycles. The highest BCUT2D eigenvalue weighted by Crippen LogP contribution is 2.26. The Kier molecular flexibility index (Phi) is 4.41. The lowest BCUT2D eigenvalue weighted by Gasteiger charge is -2.08. The molecule has 1 N–H and O–H groups in total. The van der Waals surface area contributed by atoms with Gasteiger partial charge in [-0.05, 0) is 41.5 Å². The Morgan fingerprint density at radius 2 is 2.21 bits per heavy atom. The summed E-state index contributed by atoms with van der Waals surface area (Å²) < 4.78 is 2.34. The summed E-state index contributed by atoms with van der Waals surface area (Å²) in [6, 6.07) is 1.86. The number of nitrogens with one attached hydrogen (secondary N) is 1. The van der Waals surface area contributed by atoms with E-state index in [1.54, 1.807) is 4.57 Å².